The minimum absolute atomic E-state index is 0.144. The van der Waals surface area contributed by atoms with Crippen molar-refractivity contribution in [3.05, 3.63) is 0 Å². The molecule has 0 heterocycles. The number of halogens is 5. The fourth-order valence-corrected chi connectivity index (χ4v) is 5.86. The molecule has 0 aliphatic heterocycles. The van der Waals surface area contributed by atoms with Gasteiger partial charge in [0.05, 0.1) is 5.33 Å². The lowest BCUT2D eigenvalue weighted by Crippen LogP contribution is -2.56. The van der Waals surface area contributed by atoms with E-state index in [0.29, 0.717) is 0 Å². The zero-order valence-electron chi connectivity index (χ0n) is 14.8. The van der Waals surface area contributed by atoms with Crippen LogP contribution in [0, 0.1) is 16.2 Å². The third-order valence-corrected chi connectivity index (χ3v) is 5.57. The molecule has 0 fully saturated rings. The van der Waals surface area contributed by atoms with Gasteiger partial charge in [-0.15, -0.1) is 0 Å². The highest BCUT2D eigenvalue weighted by atomic mass is 79.9. The van der Waals surface area contributed by atoms with E-state index >= 15 is 0 Å². The van der Waals surface area contributed by atoms with E-state index < -0.39 is 11.5 Å². The van der Waals surface area contributed by atoms with Crippen LogP contribution in [0.25, 0.3) is 0 Å². The van der Waals surface area contributed by atoms with Crippen LogP contribution in [-0.4, -0.2) is 15.8 Å². The van der Waals surface area contributed by atoms with Gasteiger partial charge >= 0.3 is 6.18 Å². The minimum Gasteiger partial charge on any atom is -0.170 e. The normalized spacial score (nSPS) is 14.6. The second kappa shape index (κ2) is 7.55. The number of alkyl halides is 5. The van der Waals surface area contributed by atoms with Crippen molar-refractivity contribution in [1.29, 1.82) is 0 Å². The predicted molar refractivity (Wildman–Crippen MR) is 94.5 cm³/mol. The average molecular weight is 440 g/mol. The molecule has 0 aliphatic carbocycles. The lowest BCUT2D eigenvalue weighted by Gasteiger charge is -2.60. The Morgan fingerprint density at radius 2 is 1.00 bits per heavy atom. The average Bonchev–Trinajstić information content (AvgIpc) is 2.11. The molecule has 0 saturated heterocycles. The third kappa shape index (κ3) is 6.40. The molecule has 0 unspecified atom stereocenters. The Kier molecular flexibility index (Phi) is 8.63. The van der Waals surface area contributed by atoms with Gasteiger partial charge in [-0.2, -0.15) is 13.2 Å². The first-order valence-electron chi connectivity index (χ1n) is 7.19. The van der Waals surface area contributed by atoms with Crippen LogP contribution >= 0.6 is 31.9 Å². The molecule has 0 amide bonds. The molecule has 0 radical (unpaired) electrons. The van der Waals surface area contributed by atoms with E-state index in [1.165, 1.54) is 6.42 Å². The molecule has 0 bridgehead atoms. The van der Waals surface area contributed by atoms with Gasteiger partial charge in [-0.3, -0.25) is 0 Å². The first kappa shape index (κ1) is 24.0. The van der Waals surface area contributed by atoms with Crippen molar-refractivity contribution in [3.63, 3.8) is 0 Å². The fourth-order valence-electron chi connectivity index (χ4n) is 4.39. The zero-order valence-corrected chi connectivity index (χ0v) is 18.0. The van der Waals surface area contributed by atoms with Gasteiger partial charge in [0.2, 0.25) is 0 Å². The Hall–Kier alpha value is 0.750. The van der Waals surface area contributed by atoms with Crippen molar-refractivity contribution in [2.75, 3.05) is 5.33 Å². The van der Waals surface area contributed by atoms with E-state index in [2.05, 4.69) is 94.2 Å². The molecule has 0 rings (SSSR count). The predicted octanol–water partition coefficient (Wildman–Crippen LogP) is 7.59. The Morgan fingerprint density at radius 1 is 0.762 bits per heavy atom. The van der Waals surface area contributed by atoms with Gasteiger partial charge in [0.15, 0.2) is 0 Å². The summed E-state index contributed by atoms with van der Waals surface area (Å²) in [6, 6.07) is 0. The maximum Gasteiger partial charge on any atom is 0.398 e. The van der Waals surface area contributed by atoms with E-state index in [4.69, 9.17) is 0 Å². The van der Waals surface area contributed by atoms with Crippen LogP contribution in [0.15, 0.2) is 0 Å². The van der Waals surface area contributed by atoms with Gasteiger partial charge in [-0.25, -0.2) is 0 Å². The van der Waals surface area contributed by atoms with E-state index in [9.17, 15) is 13.2 Å². The Labute approximate surface area is 145 Å². The van der Waals surface area contributed by atoms with Crippen LogP contribution in [0.4, 0.5) is 13.2 Å². The Morgan fingerprint density at radius 3 is 1.00 bits per heavy atom. The van der Waals surface area contributed by atoms with Crippen LogP contribution in [0.1, 0.15) is 68.7 Å². The quantitative estimate of drug-likeness (QED) is 0.388. The molecular formula is C16H31Br2F3. The SMILES string of the molecule is CCC(C(C)(C)C)(C(C)(C)C)C(C)(C)Br.FC(F)(F)CBr. The largest absolute Gasteiger partial charge is 0.398 e. The summed E-state index contributed by atoms with van der Waals surface area (Å²) in [7, 11) is 0. The molecule has 0 aromatic heterocycles. The number of hydrogen-bond acceptors (Lipinski definition) is 0. The molecule has 0 N–H and O–H groups in total. The van der Waals surface area contributed by atoms with Crippen LogP contribution in [-0.2, 0) is 0 Å². The van der Waals surface area contributed by atoms with Crippen LogP contribution in [0.2, 0.25) is 0 Å². The van der Waals surface area contributed by atoms with Gasteiger partial charge in [0.25, 0.3) is 0 Å². The molecule has 0 saturated carbocycles. The molecule has 0 nitrogen and oxygen atoms in total. The van der Waals surface area contributed by atoms with Gasteiger partial charge in [-0.1, -0.05) is 80.3 Å². The third-order valence-electron chi connectivity index (χ3n) is 4.26. The Balaban J connectivity index is 0. The summed E-state index contributed by atoms with van der Waals surface area (Å²) in [4.78, 5) is 0. The molecule has 0 aliphatic rings. The smallest absolute Gasteiger partial charge is 0.170 e. The second-order valence-electron chi connectivity index (χ2n) is 7.98. The number of rotatable bonds is 2. The highest BCUT2D eigenvalue weighted by Gasteiger charge is 2.56. The monoisotopic (exact) mass is 438 g/mol. The minimum atomic E-state index is -4.04. The van der Waals surface area contributed by atoms with E-state index in [1.807, 2.05) is 0 Å². The van der Waals surface area contributed by atoms with Gasteiger partial charge < -0.3 is 0 Å². The maximum atomic E-state index is 10.7. The molecule has 0 aromatic rings. The summed E-state index contributed by atoms with van der Waals surface area (Å²) in [5.74, 6) is 0. The summed E-state index contributed by atoms with van der Waals surface area (Å²) in [5.41, 5.74) is 0.840. The van der Waals surface area contributed by atoms with E-state index in [0.717, 1.165) is 0 Å². The van der Waals surface area contributed by atoms with Crippen LogP contribution in [0.5, 0.6) is 0 Å². The molecule has 0 atom stereocenters. The van der Waals surface area contributed by atoms with Crippen molar-refractivity contribution < 1.29 is 13.2 Å². The second-order valence-corrected chi connectivity index (χ2v) is 10.5. The fraction of sp³-hybridized carbons (Fsp3) is 1.00. The number of hydrogen-bond donors (Lipinski definition) is 0. The highest BCUT2D eigenvalue weighted by molar-refractivity contribution is 9.10. The van der Waals surface area contributed by atoms with Crippen molar-refractivity contribution >= 4 is 31.9 Å². The molecular weight excluding hydrogens is 409 g/mol. The molecule has 130 valence electrons. The summed E-state index contributed by atoms with van der Waals surface area (Å²) < 4.78 is 32.4. The molecule has 21 heavy (non-hydrogen) atoms. The topological polar surface area (TPSA) is 0 Å². The maximum absolute atomic E-state index is 10.7. The van der Waals surface area contributed by atoms with Gasteiger partial charge in [0.1, 0.15) is 0 Å². The lowest BCUT2D eigenvalue weighted by atomic mass is 9.48. The van der Waals surface area contributed by atoms with E-state index in [1.54, 1.807) is 0 Å². The molecule has 5 heteroatoms. The molecule has 0 spiro atoms. The summed E-state index contributed by atoms with van der Waals surface area (Å²) in [5, 5.41) is -0.917. The standard InChI is InChI=1S/C14H29Br.C2H2BrF3/c1-10-14(11(2,3)4,12(5,6)7)13(8,9)15;3-1-2(4,5)6/h10H2,1-9H3;1H2. The van der Waals surface area contributed by atoms with Gasteiger partial charge in [-0.05, 0) is 36.5 Å². The van der Waals surface area contributed by atoms with E-state index in [-0.39, 0.29) is 20.6 Å². The first-order valence-corrected chi connectivity index (χ1v) is 9.10. The van der Waals surface area contributed by atoms with Crippen molar-refractivity contribution in [3.8, 4) is 0 Å². The Bertz CT molecular complexity index is 265. The molecule has 0 aromatic carbocycles. The van der Waals surface area contributed by atoms with Gasteiger partial charge in [0, 0.05) is 4.32 Å². The van der Waals surface area contributed by atoms with Crippen LogP contribution < -0.4 is 0 Å². The highest BCUT2D eigenvalue weighted by Crippen LogP contribution is 2.62. The van der Waals surface area contributed by atoms with Crippen molar-refractivity contribution in [2.45, 2.75) is 79.2 Å². The van der Waals surface area contributed by atoms with Crippen molar-refractivity contribution in [2.24, 2.45) is 16.2 Å². The zero-order chi connectivity index (χ0) is 17.9. The summed E-state index contributed by atoms with van der Waals surface area (Å²) >= 11 is 6.18. The van der Waals surface area contributed by atoms with Crippen molar-refractivity contribution in [1.82, 2.24) is 0 Å². The summed E-state index contributed by atoms with van der Waals surface area (Å²) in [6.45, 7) is 21.1. The summed E-state index contributed by atoms with van der Waals surface area (Å²) in [6.07, 6.45) is -2.85. The lowest BCUT2D eigenvalue weighted by molar-refractivity contribution is -0.104. The van der Waals surface area contributed by atoms with Crippen LogP contribution in [0.3, 0.4) is 0 Å². The first-order chi connectivity index (χ1) is 8.87.